The summed E-state index contributed by atoms with van der Waals surface area (Å²) in [7, 11) is 0. The van der Waals surface area contributed by atoms with Crippen molar-refractivity contribution in [3.63, 3.8) is 0 Å². The highest BCUT2D eigenvalue weighted by Gasteiger charge is 2.46. The third kappa shape index (κ3) is 3.97. The SMILES string of the molecule is O=C(C1=COCCO1)N(c1ccc(C(F)(F)C(F)F)cc1)C(F)(F)F. The van der Waals surface area contributed by atoms with Crippen LogP contribution in [0.15, 0.2) is 36.3 Å². The fraction of sp³-hybridized carbons (Fsp3) is 0.357. The minimum absolute atomic E-state index is 0.0419. The van der Waals surface area contributed by atoms with Crippen LogP contribution in [0.1, 0.15) is 5.56 Å². The standard InChI is InChI=1S/C14H10F7NO3/c15-12(16)13(17,18)8-1-3-9(4-2-8)22(14(19,20)21)11(23)10-7-24-5-6-25-10/h1-4,7,12H,5-6H2. The lowest BCUT2D eigenvalue weighted by Gasteiger charge is -2.27. The van der Waals surface area contributed by atoms with Gasteiger partial charge in [-0.1, -0.05) is 12.1 Å². The van der Waals surface area contributed by atoms with E-state index in [1.165, 1.54) is 0 Å². The second kappa shape index (κ2) is 6.81. The summed E-state index contributed by atoms with van der Waals surface area (Å²) < 4.78 is 100. The number of anilines is 1. The zero-order valence-electron chi connectivity index (χ0n) is 12.2. The van der Waals surface area contributed by atoms with Crippen LogP contribution in [-0.2, 0) is 20.2 Å². The van der Waals surface area contributed by atoms with Crippen LogP contribution in [0.2, 0.25) is 0 Å². The van der Waals surface area contributed by atoms with E-state index in [-0.39, 0.29) is 13.2 Å². The van der Waals surface area contributed by atoms with Crippen LogP contribution < -0.4 is 4.90 Å². The molecule has 0 radical (unpaired) electrons. The number of hydrogen-bond donors (Lipinski definition) is 0. The van der Waals surface area contributed by atoms with E-state index in [0.717, 1.165) is 0 Å². The zero-order valence-corrected chi connectivity index (χ0v) is 12.2. The molecule has 1 heterocycles. The lowest BCUT2D eigenvalue weighted by Crippen LogP contribution is -2.44. The quantitative estimate of drug-likeness (QED) is 0.596. The van der Waals surface area contributed by atoms with Gasteiger partial charge >= 0.3 is 24.6 Å². The van der Waals surface area contributed by atoms with E-state index in [1.54, 1.807) is 0 Å². The number of nitrogens with zero attached hydrogens (tertiary/aromatic N) is 1. The summed E-state index contributed by atoms with van der Waals surface area (Å²) in [4.78, 5) is 11.3. The second-order valence-corrected chi connectivity index (χ2v) is 4.78. The predicted octanol–water partition coefficient (Wildman–Crippen LogP) is 3.78. The van der Waals surface area contributed by atoms with Gasteiger partial charge in [0.25, 0.3) is 0 Å². The molecule has 1 amide bonds. The molecule has 25 heavy (non-hydrogen) atoms. The van der Waals surface area contributed by atoms with Crippen molar-refractivity contribution in [2.45, 2.75) is 18.6 Å². The van der Waals surface area contributed by atoms with Gasteiger partial charge < -0.3 is 9.47 Å². The first-order chi connectivity index (χ1) is 11.5. The Morgan fingerprint density at radius 3 is 2.08 bits per heavy atom. The Balaban J connectivity index is 2.36. The minimum Gasteiger partial charge on any atom is -0.494 e. The molecule has 0 atom stereocenters. The minimum atomic E-state index is -5.22. The Morgan fingerprint density at radius 2 is 1.64 bits per heavy atom. The monoisotopic (exact) mass is 373 g/mol. The average Bonchev–Trinajstić information content (AvgIpc) is 2.55. The van der Waals surface area contributed by atoms with Gasteiger partial charge in [-0.15, -0.1) is 13.2 Å². The summed E-state index contributed by atoms with van der Waals surface area (Å²) in [6.07, 6.45) is -8.55. The van der Waals surface area contributed by atoms with Gasteiger partial charge in [0.1, 0.15) is 19.5 Å². The highest BCUT2D eigenvalue weighted by Crippen LogP contribution is 2.37. The molecule has 0 saturated heterocycles. The lowest BCUT2D eigenvalue weighted by atomic mass is 10.1. The van der Waals surface area contributed by atoms with Gasteiger partial charge in [-0.25, -0.2) is 13.7 Å². The highest BCUT2D eigenvalue weighted by atomic mass is 19.4. The first-order valence-corrected chi connectivity index (χ1v) is 6.67. The van der Waals surface area contributed by atoms with Crippen molar-refractivity contribution in [2.24, 2.45) is 0 Å². The van der Waals surface area contributed by atoms with Gasteiger partial charge in [-0.2, -0.15) is 8.78 Å². The van der Waals surface area contributed by atoms with Gasteiger partial charge in [-0.3, -0.25) is 4.79 Å². The number of amides is 1. The average molecular weight is 373 g/mol. The van der Waals surface area contributed by atoms with E-state index in [0.29, 0.717) is 30.5 Å². The molecule has 1 aliphatic rings. The fourth-order valence-electron chi connectivity index (χ4n) is 1.93. The molecule has 138 valence electrons. The summed E-state index contributed by atoms with van der Waals surface area (Å²) >= 11 is 0. The predicted molar refractivity (Wildman–Crippen MR) is 69.9 cm³/mol. The van der Waals surface area contributed by atoms with E-state index in [1.807, 2.05) is 0 Å². The van der Waals surface area contributed by atoms with E-state index < -0.39 is 46.5 Å². The summed E-state index contributed by atoms with van der Waals surface area (Å²) in [5.74, 6) is -6.90. The molecule has 0 spiro atoms. The van der Waals surface area contributed by atoms with Crippen LogP contribution in [0, 0.1) is 0 Å². The first kappa shape index (κ1) is 18.9. The van der Waals surface area contributed by atoms with Gasteiger partial charge in [0.15, 0.2) is 0 Å². The molecule has 0 fully saturated rings. The van der Waals surface area contributed by atoms with Gasteiger partial charge in [-0.05, 0) is 12.1 Å². The maximum atomic E-state index is 13.2. The third-order valence-corrected chi connectivity index (χ3v) is 3.10. The molecule has 1 aromatic rings. The molecule has 0 bridgehead atoms. The number of hydrogen-bond acceptors (Lipinski definition) is 3. The molecule has 0 saturated carbocycles. The number of carbonyl (C=O) groups is 1. The summed E-state index contributed by atoms with van der Waals surface area (Å²) in [6.45, 7) is -0.108. The maximum Gasteiger partial charge on any atom is 0.491 e. The molecular weight excluding hydrogens is 363 g/mol. The summed E-state index contributed by atoms with van der Waals surface area (Å²) in [5, 5.41) is 0. The molecule has 11 heteroatoms. The number of ether oxygens (including phenoxy) is 2. The zero-order chi connectivity index (χ0) is 18.8. The van der Waals surface area contributed by atoms with Crippen LogP contribution in [0.5, 0.6) is 0 Å². The normalized spacial score (nSPS) is 15.3. The number of halogens is 7. The molecule has 0 N–H and O–H groups in total. The Labute approximate surface area is 136 Å². The van der Waals surface area contributed by atoms with E-state index in [9.17, 15) is 35.5 Å². The van der Waals surface area contributed by atoms with Crippen molar-refractivity contribution in [1.29, 1.82) is 0 Å². The van der Waals surface area contributed by atoms with Crippen LogP contribution >= 0.6 is 0 Å². The molecule has 1 aliphatic heterocycles. The number of benzene rings is 1. The highest BCUT2D eigenvalue weighted by molar-refractivity contribution is 6.04. The molecule has 4 nitrogen and oxygen atoms in total. The van der Waals surface area contributed by atoms with Crippen LogP contribution in [0.25, 0.3) is 0 Å². The van der Waals surface area contributed by atoms with Crippen molar-refractivity contribution >= 4 is 11.6 Å². The Bertz CT molecular complexity index is 655. The van der Waals surface area contributed by atoms with E-state index >= 15 is 0 Å². The Hall–Kier alpha value is -2.46. The smallest absolute Gasteiger partial charge is 0.491 e. The van der Waals surface area contributed by atoms with Crippen molar-refractivity contribution < 1.29 is 45.0 Å². The van der Waals surface area contributed by atoms with Crippen LogP contribution in [0.3, 0.4) is 0 Å². The molecule has 0 aliphatic carbocycles. The number of alkyl halides is 7. The molecular formula is C14H10F7NO3. The van der Waals surface area contributed by atoms with Crippen LogP contribution in [0.4, 0.5) is 36.4 Å². The Morgan fingerprint density at radius 1 is 1.04 bits per heavy atom. The number of carbonyl (C=O) groups excluding carboxylic acids is 1. The van der Waals surface area contributed by atoms with Gasteiger partial charge in [0, 0.05) is 5.56 Å². The van der Waals surface area contributed by atoms with Gasteiger partial charge in [0.2, 0.25) is 5.76 Å². The van der Waals surface area contributed by atoms with E-state index in [2.05, 4.69) is 0 Å². The van der Waals surface area contributed by atoms with Crippen molar-refractivity contribution in [3.8, 4) is 0 Å². The van der Waals surface area contributed by atoms with E-state index in [4.69, 9.17) is 9.47 Å². The maximum absolute atomic E-state index is 13.2. The van der Waals surface area contributed by atoms with Gasteiger partial charge in [0.05, 0.1) is 5.69 Å². The Kier molecular flexibility index (Phi) is 5.14. The molecule has 0 aromatic heterocycles. The summed E-state index contributed by atoms with van der Waals surface area (Å²) in [5.41, 5.74) is -2.03. The number of rotatable bonds is 4. The molecule has 2 rings (SSSR count). The molecule has 0 unspecified atom stereocenters. The fourth-order valence-corrected chi connectivity index (χ4v) is 1.93. The molecule has 1 aromatic carbocycles. The lowest BCUT2D eigenvalue weighted by molar-refractivity contribution is -0.150. The second-order valence-electron chi connectivity index (χ2n) is 4.78. The van der Waals surface area contributed by atoms with Crippen molar-refractivity contribution in [1.82, 2.24) is 0 Å². The van der Waals surface area contributed by atoms with Crippen molar-refractivity contribution in [3.05, 3.63) is 41.9 Å². The van der Waals surface area contributed by atoms with Crippen molar-refractivity contribution in [2.75, 3.05) is 18.1 Å². The van der Waals surface area contributed by atoms with Crippen LogP contribution in [-0.4, -0.2) is 31.8 Å². The third-order valence-electron chi connectivity index (χ3n) is 3.10. The first-order valence-electron chi connectivity index (χ1n) is 6.67. The topological polar surface area (TPSA) is 38.8 Å². The summed E-state index contributed by atoms with van der Waals surface area (Å²) in [6, 6.07) is 1.75. The largest absolute Gasteiger partial charge is 0.494 e.